The molecule has 54 heavy (non-hydrogen) atoms. The van der Waals surface area contributed by atoms with Gasteiger partial charge in [-0.3, -0.25) is 0 Å². The summed E-state index contributed by atoms with van der Waals surface area (Å²) in [5.41, 5.74) is 11.6. The first-order valence-corrected chi connectivity index (χ1v) is 18.5. The van der Waals surface area contributed by atoms with Gasteiger partial charge in [0, 0.05) is 34.1 Å². The normalized spacial score (nSPS) is 11.3. The molecule has 0 spiro atoms. The Balaban J connectivity index is 1.08. The van der Waals surface area contributed by atoms with Crippen molar-refractivity contribution in [3.05, 3.63) is 218 Å². The molecule has 0 heterocycles. The minimum absolute atomic E-state index is 1.12. The molecule has 2 nitrogen and oxygen atoms in total. The predicted octanol–water partition coefficient (Wildman–Crippen LogP) is 14.9. The summed E-state index contributed by atoms with van der Waals surface area (Å²) >= 11 is 0. The summed E-state index contributed by atoms with van der Waals surface area (Å²) in [6, 6.07) is 78.8. The summed E-state index contributed by atoms with van der Waals surface area (Å²) < 4.78 is 0. The van der Waals surface area contributed by atoms with Crippen LogP contribution in [0.2, 0.25) is 0 Å². The van der Waals surface area contributed by atoms with Crippen LogP contribution in [0.5, 0.6) is 0 Å². The molecule has 0 radical (unpaired) electrons. The zero-order chi connectivity index (χ0) is 35.8. The topological polar surface area (TPSA) is 6.48 Å². The van der Waals surface area contributed by atoms with Crippen LogP contribution in [0.25, 0.3) is 54.6 Å². The average Bonchev–Trinajstić information content (AvgIpc) is 3.24. The molecule has 0 aliphatic heterocycles. The maximum absolute atomic E-state index is 2.36. The molecule has 10 aromatic carbocycles. The Kier molecular flexibility index (Phi) is 7.85. The van der Waals surface area contributed by atoms with Crippen LogP contribution in [-0.4, -0.2) is 0 Å². The van der Waals surface area contributed by atoms with Crippen LogP contribution >= 0.6 is 0 Å². The van der Waals surface area contributed by atoms with E-state index in [0.29, 0.717) is 0 Å². The lowest BCUT2D eigenvalue weighted by Gasteiger charge is -2.26. The van der Waals surface area contributed by atoms with Gasteiger partial charge in [-0.2, -0.15) is 0 Å². The molecule has 0 aliphatic carbocycles. The zero-order valence-electron chi connectivity index (χ0n) is 29.7. The number of nitrogens with zero attached hydrogens (tertiary/aromatic N) is 2. The molecule has 0 amide bonds. The minimum Gasteiger partial charge on any atom is -0.310 e. The summed E-state index contributed by atoms with van der Waals surface area (Å²) in [5, 5.41) is 7.65. The van der Waals surface area contributed by atoms with E-state index in [9.17, 15) is 0 Å². The first kappa shape index (κ1) is 31.6. The second-order valence-corrected chi connectivity index (χ2v) is 13.8. The fourth-order valence-electron chi connectivity index (χ4n) is 8.08. The van der Waals surface area contributed by atoms with Crippen molar-refractivity contribution in [2.45, 2.75) is 0 Å². The van der Waals surface area contributed by atoms with E-state index in [1.165, 1.54) is 54.6 Å². The van der Waals surface area contributed by atoms with Gasteiger partial charge in [0.2, 0.25) is 0 Å². The van der Waals surface area contributed by atoms with E-state index in [4.69, 9.17) is 0 Å². The second-order valence-electron chi connectivity index (χ2n) is 13.8. The van der Waals surface area contributed by atoms with Crippen LogP contribution in [0.15, 0.2) is 218 Å². The van der Waals surface area contributed by atoms with E-state index in [2.05, 4.69) is 228 Å². The molecule has 0 aromatic heterocycles. The Labute approximate surface area is 315 Å². The largest absolute Gasteiger partial charge is 0.310 e. The standard InChI is InChI=1S/C52H36N2/c1-5-17-43(18-6-1)53(44-19-7-2-8-20-44)47-25-13-15-38(35-47)42-33-40-28-27-37-29-31-49(50-32-30-41(34-42)51(40)52(37)50)39-16-14-26-48(36-39)54(45-21-9-3-10-22-45)46-23-11-4-12-24-46/h1-36H. The quantitative estimate of drug-likeness (QED) is 0.147. The van der Waals surface area contributed by atoms with Gasteiger partial charge in [0.05, 0.1) is 0 Å². The van der Waals surface area contributed by atoms with E-state index >= 15 is 0 Å². The third kappa shape index (κ3) is 5.62. The van der Waals surface area contributed by atoms with Crippen molar-refractivity contribution in [2.24, 2.45) is 0 Å². The Morgan fingerprint density at radius 2 is 0.648 bits per heavy atom. The van der Waals surface area contributed by atoms with Gasteiger partial charge >= 0.3 is 0 Å². The van der Waals surface area contributed by atoms with Crippen LogP contribution in [0.4, 0.5) is 34.1 Å². The third-order valence-electron chi connectivity index (χ3n) is 10.5. The highest BCUT2D eigenvalue weighted by Gasteiger charge is 2.18. The number of hydrogen-bond acceptors (Lipinski definition) is 2. The van der Waals surface area contributed by atoms with Crippen molar-refractivity contribution in [3.63, 3.8) is 0 Å². The number of anilines is 6. The highest BCUT2D eigenvalue weighted by molar-refractivity contribution is 6.26. The van der Waals surface area contributed by atoms with Crippen molar-refractivity contribution < 1.29 is 0 Å². The monoisotopic (exact) mass is 688 g/mol. The number of rotatable bonds is 8. The lowest BCUT2D eigenvalue weighted by Crippen LogP contribution is -2.09. The average molecular weight is 689 g/mol. The minimum atomic E-state index is 1.12. The van der Waals surface area contributed by atoms with Crippen molar-refractivity contribution in [2.75, 3.05) is 9.80 Å². The second kappa shape index (κ2) is 13.4. The fourth-order valence-corrected chi connectivity index (χ4v) is 8.08. The first-order valence-electron chi connectivity index (χ1n) is 18.5. The molecule has 10 rings (SSSR count). The molecule has 0 atom stereocenters. The summed E-state index contributed by atoms with van der Waals surface area (Å²) in [6.45, 7) is 0. The van der Waals surface area contributed by atoms with Gasteiger partial charge in [0.15, 0.2) is 0 Å². The van der Waals surface area contributed by atoms with Crippen molar-refractivity contribution in [3.8, 4) is 22.3 Å². The summed E-state index contributed by atoms with van der Waals surface area (Å²) in [4.78, 5) is 4.65. The molecular weight excluding hydrogens is 653 g/mol. The SMILES string of the molecule is c1ccc(N(c2ccccc2)c2cccc(-c3cc4ccc5ccc(-c6cccc(N(c7ccccc7)c7ccccc7)c6)c6ccc(c3)c4c56)c2)cc1. The molecule has 0 N–H and O–H groups in total. The Morgan fingerprint density at radius 1 is 0.241 bits per heavy atom. The Morgan fingerprint density at radius 3 is 1.17 bits per heavy atom. The highest BCUT2D eigenvalue weighted by atomic mass is 15.1. The van der Waals surface area contributed by atoms with Crippen LogP contribution in [0.3, 0.4) is 0 Å². The number of hydrogen-bond donors (Lipinski definition) is 0. The van der Waals surface area contributed by atoms with Crippen molar-refractivity contribution in [1.82, 2.24) is 0 Å². The van der Waals surface area contributed by atoms with Gasteiger partial charge in [0.1, 0.15) is 0 Å². The molecule has 254 valence electrons. The maximum atomic E-state index is 2.36. The molecule has 2 heteroatoms. The molecule has 0 aliphatic rings. The van der Waals surface area contributed by atoms with E-state index in [1.807, 2.05) is 0 Å². The first-order chi connectivity index (χ1) is 26.8. The van der Waals surface area contributed by atoms with Gasteiger partial charge in [-0.1, -0.05) is 133 Å². The van der Waals surface area contributed by atoms with Gasteiger partial charge in [-0.05, 0) is 140 Å². The van der Waals surface area contributed by atoms with Crippen molar-refractivity contribution >= 4 is 66.4 Å². The maximum Gasteiger partial charge on any atom is 0.0467 e. The summed E-state index contributed by atoms with van der Waals surface area (Å²) in [5.74, 6) is 0. The smallest absolute Gasteiger partial charge is 0.0467 e. The fraction of sp³-hybridized carbons (Fsp3) is 0. The predicted molar refractivity (Wildman–Crippen MR) is 230 cm³/mol. The number of benzene rings is 10. The summed E-state index contributed by atoms with van der Waals surface area (Å²) in [6.07, 6.45) is 0. The van der Waals surface area contributed by atoms with Gasteiger partial charge in [0.25, 0.3) is 0 Å². The highest BCUT2D eigenvalue weighted by Crippen LogP contribution is 2.43. The molecule has 0 bridgehead atoms. The Bertz CT molecular complexity index is 2770. The molecule has 0 fully saturated rings. The van der Waals surface area contributed by atoms with Gasteiger partial charge in [-0.25, -0.2) is 0 Å². The molecule has 0 saturated carbocycles. The van der Waals surface area contributed by atoms with Gasteiger partial charge in [-0.15, -0.1) is 0 Å². The van der Waals surface area contributed by atoms with Crippen molar-refractivity contribution in [1.29, 1.82) is 0 Å². The zero-order valence-corrected chi connectivity index (χ0v) is 29.7. The van der Waals surface area contributed by atoms with E-state index < -0.39 is 0 Å². The van der Waals surface area contributed by atoms with Gasteiger partial charge < -0.3 is 9.80 Å². The van der Waals surface area contributed by atoms with E-state index in [0.717, 1.165) is 34.1 Å². The van der Waals surface area contributed by atoms with Crippen LogP contribution in [-0.2, 0) is 0 Å². The Hall–Kier alpha value is -7.16. The van der Waals surface area contributed by atoms with Crippen LogP contribution < -0.4 is 9.80 Å². The molecular formula is C52H36N2. The lowest BCUT2D eigenvalue weighted by molar-refractivity contribution is 1.28. The molecule has 0 unspecified atom stereocenters. The van der Waals surface area contributed by atoms with Crippen LogP contribution in [0, 0.1) is 0 Å². The van der Waals surface area contributed by atoms with E-state index in [1.54, 1.807) is 0 Å². The number of para-hydroxylation sites is 4. The third-order valence-corrected chi connectivity index (χ3v) is 10.5. The summed E-state index contributed by atoms with van der Waals surface area (Å²) in [7, 11) is 0. The van der Waals surface area contributed by atoms with Crippen LogP contribution in [0.1, 0.15) is 0 Å². The lowest BCUT2D eigenvalue weighted by atomic mass is 9.88. The molecule has 0 saturated heterocycles. The molecule has 10 aromatic rings. The van der Waals surface area contributed by atoms with E-state index in [-0.39, 0.29) is 0 Å².